The van der Waals surface area contributed by atoms with Crippen molar-refractivity contribution in [1.29, 1.82) is 0 Å². The predicted molar refractivity (Wildman–Crippen MR) is 62.2 cm³/mol. The summed E-state index contributed by atoms with van der Waals surface area (Å²) in [7, 11) is 0. The number of aliphatic carboxylic acids is 1. The monoisotopic (exact) mass is 227 g/mol. The fourth-order valence-electron chi connectivity index (χ4n) is 1.97. The number of carboxylic acids is 1. The number of hydrogen-bond acceptors (Lipinski definition) is 3. The highest BCUT2D eigenvalue weighted by Gasteiger charge is 2.21. The summed E-state index contributed by atoms with van der Waals surface area (Å²) in [4.78, 5) is 12.8. The standard InChI is InChI=1S/C12H21NO3/c1-9(12(15)16)3-6-13-7-4-11(5-8-13)10(2)14/h3,10-11,14H,4-8H2,1-2H3,(H,15,16)/b9-3-. The summed E-state index contributed by atoms with van der Waals surface area (Å²) in [5.74, 6) is -0.445. The largest absolute Gasteiger partial charge is 0.478 e. The molecule has 1 unspecified atom stereocenters. The number of carboxylic acid groups (broad SMARTS) is 1. The van der Waals surface area contributed by atoms with Crippen LogP contribution in [0.25, 0.3) is 0 Å². The molecule has 1 aliphatic heterocycles. The SMILES string of the molecule is C/C(=C/CN1CCC(C(C)O)CC1)C(=O)O. The lowest BCUT2D eigenvalue weighted by Crippen LogP contribution is -2.37. The van der Waals surface area contributed by atoms with Gasteiger partial charge in [0.25, 0.3) is 0 Å². The molecule has 1 atom stereocenters. The quantitative estimate of drug-likeness (QED) is 0.706. The van der Waals surface area contributed by atoms with Crippen molar-refractivity contribution in [2.75, 3.05) is 19.6 Å². The molecule has 1 aliphatic rings. The molecule has 92 valence electrons. The van der Waals surface area contributed by atoms with E-state index in [4.69, 9.17) is 5.11 Å². The van der Waals surface area contributed by atoms with E-state index in [9.17, 15) is 9.90 Å². The summed E-state index contributed by atoms with van der Waals surface area (Å²) in [6.07, 6.45) is 3.53. The Labute approximate surface area is 96.6 Å². The van der Waals surface area contributed by atoms with Crippen LogP contribution in [0.5, 0.6) is 0 Å². The van der Waals surface area contributed by atoms with Gasteiger partial charge in [0.15, 0.2) is 0 Å². The smallest absolute Gasteiger partial charge is 0.330 e. The fraction of sp³-hybridized carbons (Fsp3) is 0.750. The number of nitrogens with zero attached hydrogens (tertiary/aromatic N) is 1. The second-order valence-electron chi connectivity index (χ2n) is 4.57. The molecular weight excluding hydrogens is 206 g/mol. The van der Waals surface area contributed by atoms with Crippen molar-refractivity contribution in [2.45, 2.75) is 32.8 Å². The molecule has 16 heavy (non-hydrogen) atoms. The molecule has 0 aromatic heterocycles. The lowest BCUT2D eigenvalue weighted by Gasteiger charge is -2.32. The van der Waals surface area contributed by atoms with Gasteiger partial charge in [-0.1, -0.05) is 6.08 Å². The van der Waals surface area contributed by atoms with Crippen molar-refractivity contribution >= 4 is 5.97 Å². The summed E-state index contributed by atoms with van der Waals surface area (Å²) in [6, 6.07) is 0. The molecule has 0 aromatic carbocycles. The van der Waals surface area contributed by atoms with Gasteiger partial charge in [-0.25, -0.2) is 4.79 Å². The second kappa shape index (κ2) is 6.01. The topological polar surface area (TPSA) is 60.8 Å². The number of carbonyl (C=O) groups is 1. The second-order valence-corrected chi connectivity index (χ2v) is 4.57. The van der Waals surface area contributed by atoms with Gasteiger partial charge in [-0.2, -0.15) is 0 Å². The van der Waals surface area contributed by atoms with Crippen LogP contribution in [-0.2, 0) is 4.79 Å². The number of rotatable bonds is 4. The highest BCUT2D eigenvalue weighted by Crippen LogP contribution is 2.20. The van der Waals surface area contributed by atoms with Crippen molar-refractivity contribution in [3.8, 4) is 0 Å². The van der Waals surface area contributed by atoms with Crippen molar-refractivity contribution < 1.29 is 15.0 Å². The minimum atomic E-state index is -0.848. The minimum Gasteiger partial charge on any atom is -0.478 e. The van der Waals surface area contributed by atoms with Crippen molar-refractivity contribution in [2.24, 2.45) is 5.92 Å². The van der Waals surface area contributed by atoms with Crippen LogP contribution >= 0.6 is 0 Å². The molecule has 2 N–H and O–H groups in total. The van der Waals surface area contributed by atoms with Gasteiger partial charge in [-0.05, 0) is 45.7 Å². The third-order valence-electron chi connectivity index (χ3n) is 3.31. The molecule has 0 spiro atoms. The molecule has 4 heteroatoms. The Kier molecular flexibility index (Phi) is 4.96. The third-order valence-corrected chi connectivity index (χ3v) is 3.31. The van der Waals surface area contributed by atoms with Crippen molar-refractivity contribution in [1.82, 2.24) is 4.90 Å². The Morgan fingerprint density at radius 1 is 1.50 bits per heavy atom. The predicted octanol–water partition coefficient (Wildman–Crippen LogP) is 1.11. The van der Waals surface area contributed by atoms with Crippen LogP contribution in [0, 0.1) is 5.92 Å². The van der Waals surface area contributed by atoms with E-state index in [2.05, 4.69) is 4.90 Å². The molecule has 1 heterocycles. The zero-order valence-corrected chi connectivity index (χ0v) is 10.0. The molecule has 0 bridgehead atoms. The first-order valence-electron chi connectivity index (χ1n) is 5.81. The molecule has 0 amide bonds. The van der Waals surface area contributed by atoms with Gasteiger partial charge in [0, 0.05) is 12.1 Å². The maximum absolute atomic E-state index is 10.6. The van der Waals surface area contributed by atoms with E-state index < -0.39 is 5.97 Å². The molecule has 0 aliphatic carbocycles. The van der Waals surface area contributed by atoms with Crippen LogP contribution in [0.3, 0.4) is 0 Å². The minimum absolute atomic E-state index is 0.224. The zero-order valence-electron chi connectivity index (χ0n) is 10.0. The van der Waals surface area contributed by atoms with E-state index in [0.29, 0.717) is 18.0 Å². The van der Waals surface area contributed by atoms with Gasteiger partial charge >= 0.3 is 5.97 Å². The Balaban J connectivity index is 2.32. The van der Waals surface area contributed by atoms with E-state index in [1.54, 1.807) is 13.0 Å². The van der Waals surface area contributed by atoms with Crippen LogP contribution in [0.2, 0.25) is 0 Å². The Hall–Kier alpha value is -0.870. The maximum Gasteiger partial charge on any atom is 0.330 e. The van der Waals surface area contributed by atoms with Crippen LogP contribution < -0.4 is 0 Å². The molecule has 0 radical (unpaired) electrons. The maximum atomic E-state index is 10.6. The molecular formula is C12H21NO3. The number of aliphatic hydroxyl groups is 1. The summed E-state index contributed by atoms with van der Waals surface area (Å²) >= 11 is 0. The normalized spacial score (nSPS) is 22.1. The Bertz CT molecular complexity index is 265. The van der Waals surface area contributed by atoms with Crippen LogP contribution in [0.4, 0.5) is 0 Å². The lowest BCUT2D eigenvalue weighted by molar-refractivity contribution is -0.132. The van der Waals surface area contributed by atoms with Gasteiger partial charge in [-0.15, -0.1) is 0 Å². The fourth-order valence-corrected chi connectivity index (χ4v) is 1.97. The van der Waals surface area contributed by atoms with Gasteiger partial charge in [-0.3, -0.25) is 4.90 Å². The van der Waals surface area contributed by atoms with E-state index >= 15 is 0 Å². The Morgan fingerprint density at radius 2 is 2.06 bits per heavy atom. The lowest BCUT2D eigenvalue weighted by atomic mass is 9.92. The van der Waals surface area contributed by atoms with E-state index in [1.165, 1.54) is 0 Å². The molecule has 0 aromatic rings. The molecule has 1 saturated heterocycles. The first-order valence-corrected chi connectivity index (χ1v) is 5.81. The number of aliphatic hydroxyl groups excluding tert-OH is 1. The summed E-state index contributed by atoms with van der Waals surface area (Å²) in [6.45, 7) is 6.04. The van der Waals surface area contributed by atoms with Gasteiger partial charge < -0.3 is 10.2 Å². The summed E-state index contributed by atoms with van der Waals surface area (Å²) in [5, 5.41) is 18.2. The summed E-state index contributed by atoms with van der Waals surface area (Å²) < 4.78 is 0. The van der Waals surface area contributed by atoms with Crippen LogP contribution in [-0.4, -0.2) is 46.8 Å². The molecule has 1 rings (SSSR count). The third kappa shape index (κ3) is 3.94. The Morgan fingerprint density at radius 3 is 2.50 bits per heavy atom. The average Bonchev–Trinajstić information content (AvgIpc) is 2.26. The first-order chi connectivity index (χ1) is 7.50. The summed E-state index contributed by atoms with van der Waals surface area (Å²) in [5.41, 5.74) is 0.401. The molecule has 1 fully saturated rings. The van der Waals surface area contributed by atoms with Crippen LogP contribution in [0.15, 0.2) is 11.6 Å². The number of piperidine rings is 1. The van der Waals surface area contributed by atoms with Crippen LogP contribution in [0.1, 0.15) is 26.7 Å². The zero-order chi connectivity index (χ0) is 12.1. The van der Waals surface area contributed by atoms with E-state index in [0.717, 1.165) is 25.9 Å². The van der Waals surface area contributed by atoms with Gasteiger partial charge in [0.1, 0.15) is 0 Å². The van der Waals surface area contributed by atoms with E-state index in [1.807, 2.05) is 6.92 Å². The van der Waals surface area contributed by atoms with Gasteiger partial charge in [0.2, 0.25) is 0 Å². The highest BCUT2D eigenvalue weighted by molar-refractivity contribution is 5.85. The molecule has 0 saturated carbocycles. The van der Waals surface area contributed by atoms with E-state index in [-0.39, 0.29) is 6.10 Å². The van der Waals surface area contributed by atoms with Crippen molar-refractivity contribution in [3.05, 3.63) is 11.6 Å². The number of hydrogen-bond donors (Lipinski definition) is 2. The number of likely N-dealkylation sites (tertiary alicyclic amines) is 1. The van der Waals surface area contributed by atoms with Crippen molar-refractivity contribution in [3.63, 3.8) is 0 Å². The first kappa shape index (κ1) is 13.2. The van der Waals surface area contributed by atoms with Gasteiger partial charge in [0.05, 0.1) is 6.10 Å². The average molecular weight is 227 g/mol. The molecule has 4 nitrogen and oxygen atoms in total. The highest BCUT2D eigenvalue weighted by atomic mass is 16.4.